The van der Waals surface area contributed by atoms with Gasteiger partial charge in [0, 0.05) is 10.9 Å². The standard InChI is InChI=1S/C19H17NO4S/c1-22-15-9-7-13(8-10-15)19-20-14(12-25-19)11-18(21)24-17-6-4-3-5-16(17)23-2/h3-10,12H,11H2,1-2H3. The lowest BCUT2D eigenvalue weighted by Crippen LogP contribution is -2.12. The minimum absolute atomic E-state index is 0.102. The van der Waals surface area contributed by atoms with Gasteiger partial charge in [0.1, 0.15) is 10.8 Å². The molecule has 0 N–H and O–H groups in total. The number of thiazole rings is 1. The lowest BCUT2D eigenvalue weighted by atomic mass is 10.2. The van der Waals surface area contributed by atoms with E-state index in [4.69, 9.17) is 14.2 Å². The van der Waals surface area contributed by atoms with E-state index in [0.717, 1.165) is 16.3 Å². The Bertz CT molecular complexity index is 858. The molecule has 0 aliphatic heterocycles. The summed E-state index contributed by atoms with van der Waals surface area (Å²) in [6.07, 6.45) is 0.102. The first-order valence-electron chi connectivity index (χ1n) is 7.62. The van der Waals surface area contributed by atoms with E-state index in [-0.39, 0.29) is 12.4 Å². The van der Waals surface area contributed by atoms with Gasteiger partial charge in [-0.15, -0.1) is 11.3 Å². The van der Waals surface area contributed by atoms with E-state index in [1.807, 2.05) is 35.7 Å². The molecule has 0 bridgehead atoms. The minimum Gasteiger partial charge on any atom is -0.497 e. The van der Waals surface area contributed by atoms with Gasteiger partial charge in [-0.05, 0) is 36.4 Å². The third-order valence-corrected chi connectivity index (χ3v) is 4.45. The highest BCUT2D eigenvalue weighted by Gasteiger charge is 2.13. The number of para-hydroxylation sites is 2. The topological polar surface area (TPSA) is 57.7 Å². The van der Waals surface area contributed by atoms with Crippen molar-refractivity contribution in [2.24, 2.45) is 0 Å². The number of hydrogen-bond acceptors (Lipinski definition) is 6. The molecule has 2 aromatic carbocycles. The maximum Gasteiger partial charge on any atom is 0.317 e. The van der Waals surface area contributed by atoms with Gasteiger partial charge in [-0.25, -0.2) is 4.98 Å². The molecular weight excluding hydrogens is 338 g/mol. The Labute approximate surface area is 149 Å². The van der Waals surface area contributed by atoms with Crippen molar-refractivity contribution in [3.63, 3.8) is 0 Å². The molecule has 128 valence electrons. The van der Waals surface area contributed by atoms with Crippen LogP contribution in [0, 0.1) is 0 Å². The van der Waals surface area contributed by atoms with Crippen LogP contribution in [0.15, 0.2) is 53.9 Å². The van der Waals surface area contributed by atoms with E-state index < -0.39 is 0 Å². The molecule has 0 fully saturated rings. The Hall–Kier alpha value is -2.86. The summed E-state index contributed by atoms with van der Waals surface area (Å²) in [7, 11) is 3.16. The van der Waals surface area contributed by atoms with Gasteiger partial charge in [-0.2, -0.15) is 0 Å². The predicted molar refractivity (Wildman–Crippen MR) is 96.4 cm³/mol. The fourth-order valence-electron chi connectivity index (χ4n) is 2.26. The number of hydrogen-bond donors (Lipinski definition) is 0. The molecular formula is C19H17NO4S. The molecule has 3 rings (SSSR count). The van der Waals surface area contributed by atoms with E-state index in [1.165, 1.54) is 18.4 Å². The number of nitrogens with zero attached hydrogens (tertiary/aromatic N) is 1. The van der Waals surface area contributed by atoms with Crippen LogP contribution in [0.2, 0.25) is 0 Å². The summed E-state index contributed by atoms with van der Waals surface area (Å²) in [4.78, 5) is 16.7. The van der Waals surface area contributed by atoms with E-state index >= 15 is 0 Å². The number of esters is 1. The van der Waals surface area contributed by atoms with Crippen molar-refractivity contribution < 1.29 is 19.0 Å². The van der Waals surface area contributed by atoms with Crippen LogP contribution in [0.4, 0.5) is 0 Å². The molecule has 1 aromatic heterocycles. The Morgan fingerprint density at radius 3 is 2.40 bits per heavy atom. The van der Waals surface area contributed by atoms with E-state index in [9.17, 15) is 4.79 Å². The molecule has 0 aliphatic rings. The maximum absolute atomic E-state index is 12.1. The number of carbonyl (C=O) groups is 1. The molecule has 5 nitrogen and oxygen atoms in total. The predicted octanol–water partition coefficient (Wildman–Crippen LogP) is 3.98. The van der Waals surface area contributed by atoms with Gasteiger partial charge >= 0.3 is 5.97 Å². The molecule has 6 heteroatoms. The van der Waals surface area contributed by atoms with Crippen LogP contribution in [-0.2, 0) is 11.2 Å². The van der Waals surface area contributed by atoms with Crippen LogP contribution in [0.25, 0.3) is 10.6 Å². The van der Waals surface area contributed by atoms with Crippen molar-refractivity contribution in [3.05, 3.63) is 59.6 Å². The molecule has 25 heavy (non-hydrogen) atoms. The summed E-state index contributed by atoms with van der Waals surface area (Å²) >= 11 is 1.49. The van der Waals surface area contributed by atoms with Crippen molar-refractivity contribution in [3.8, 4) is 27.8 Å². The smallest absolute Gasteiger partial charge is 0.317 e. The second kappa shape index (κ2) is 7.81. The van der Waals surface area contributed by atoms with Crippen LogP contribution >= 0.6 is 11.3 Å². The van der Waals surface area contributed by atoms with Crippen LogP contribution < -0.4 is 14.2 Å². The minimum atomic E-state index is -0.379. The Morgan fingerprint density at radius 2 is 1.72 bits per heavy atom. The largest absolute Gasteiger partial charge is 0.497 e. The number of ether oxygens (including phenoxy) is 3. The highest BCUT2D eigenvalue weighted by atomic mass is 32.1. The van der Waals surface area contributed by atoms with Crippen molar-refractivity contribution in [1.29, 1.82) is 0 Å². The lowest BCUT2D eigenvalue weighted by molar-refractivity contribution is -0.133. The maximum atomic E-state index is 12.1. The van der Waals surface area contributed by atoms with Gasteiger partial charge in [0.05, 0.1) is 26.3 Å². The highest BCUT2D eigenvalue weighted by Crippen LogP contribution is 2.28. The molecule has 0 atom stereocenters. The summed E-state index contributed by atoms with van der Waals surface area (Å²) in [5.41, 5.74) is 1.66. The first-order valence-corrected chi connectivity index (χ1v) is 8.50. The summed E-state index contributed by atoms with van der Waals surface area (Å²) in [5.74, 6) is 1.34. The van der Waals surface area contributed by atoms with Crippen LogP contribution in [0.5, 0.6) is 17.2 Å². The monoisotopic (exact) mass is 355 g/mol. The Balaban J connectivity index is 1.67. The van der Waals surface area contributed by atoms with Crippen molar-refractivity contribution in [2.75, 3.05) is 14.2 Å². The summed E-state index contributed by atoms with van der Waals surface area (Å²) in [6, 6.07) is 14.7. The SMILES string of the molecule is COc1ccc(-c2nc(CC(=O)Oc3ccccc3OC)cs2)cc1. The Kier molecular flexibility index (Phi) is 5.30. The quantitative estimate of drug-likeness (QED) is 0.494. The normalized spacial score (nSPS) is 10.3. The molecule has 0 aliphatic carbocycles. The molecule has 0 spiro atoms. The zero-order valence-electron chi connectivity index (χ0n) is 13.9. The molecule has 0 unspecified atom stereocenters. The number of rotatable bonds is 6. The van der Waals surface area contributed by atoms with Crippen LogP contribution in [0.1, 0.15) is 5.69 Å². The zero-order valence-corrected chi connectivity index (χ0v) is 14.7. The third-order valence-electron chi connectivity index (χ3n) is 3.51. The van der Waals surface area contributed by atoms with E-state index in [2.05, 4.69) is 4.98 Å². The molecule has 0 radical (unpaired) electrons. The number of aromatic nitrogens is 1. The van der Waals surface area contributed by atoms with Crippen molar-refractivity contribution >= 4 is 17.3 Å². The highest BCUT2D eigenvalue weighted by molar-refractivity contribution is 7.13. The van der Waals surface area contributed by atoms with Crippen molar-refractivity contribution in [1.82, 2.24) is 4.98 Å². The molecule has 3 aromatic rings. The van der Waals surface area contributed by atoms with Gasteiger partial charge in [-0.1, -0.05) is 12.1 Å². The molecule has 1 heterocycles. The first-order chi connectivity index (χ1) is 12.2. The Morgan fingerprint density at radius 1 is 1.00 bits per heavy atom. The first kappa shape index (κ1) is 17.0. The number of carbonyl (C=O) groups excluding carboxylic acids is 1. The zero-order chi connectivity index (χ0) is 17.6. The summed E-state index contributed by atoms with van der Waals surface area (Å²) < 4.78 is 15.7. The average Bonchev–Trinajstić information content (AvgIpc) is 3.10. The molecule has 0 amide bonds. The van der Waals surface area contributed by atoms with Crippen molar-refractivity contribution in [2.45, 2.75) is 6.42 Å². The fraction of sp³-hybridized carbons (Fsp3) is 0.158. The summed E-state index contributed by atoms with van der Waals surface area (Å²) in [5, 5.41) is 2.71. The van der Waals surface area contributed by atoms with Gasteiger partial charge in [0.15, 0.2) is 11.5 Å². The number of methoxy groups -OCH3 is 2. The van der Waals surface area contributed by atoms with Crippen LogP contribution in [-0.4, -0.2) is 25.2 Å². The second-order valence-electron chi connectivity index (χ2n) is 5.17. The molecule has 0 saturated carbocycles. The van der Waals surface area contributed by atoms with Gasteiger partial charge < -0.3 is 14.2 Å². The van der Waals surface area contributed by atoms with E-state index in [1.54, 1.807) is 25.3 Å². The third kappa shape index (κ3) is 4.16. The average molecular weight is 355 g/mol. The molecule has 0 saturated heterocycles. The lowest BCUT2D eigenvalue weighted by Gasteiger charge is -2.07. The van der Waals surface area contributed by atoms with Gasteiger partial charge in [0.25, 0.3) is 0 Å². The van der Waals surface area contributed by atoms with Gasteiger partial charge in [0.2, 0.25) is 0 Å². The van der Waals surface area contributed by atoms with Gasteiger partial charge in [-0.3, -0.25) is 4.79 Å². The van der Waals surface area contributed by atoms with Crippen LogP contribution in [0.3, 0.4) is 0 Å². The van der Waals surface area contributed by atoms with E-state index in [0.29, 0.717) is 17.2 Å². The second-order valence-corrected chi connectivity index (χ2v) is 6.03. The fourth-order valence-corrected chi connectivity index (χ4v) is 3.09. The number of benzene rings is 2. The summed E-state index contributed by atoms with van der Waals surface area (Å²) in [6.45, 7) is 0.